The van der Waals surface area contributed by atoms with Gasteiger partial charge in [0.1, 0.15) is 0 Å². The van der Waals surface area contributed by atoms with Gasteiger partial charge in [-0.05, 0) is 47.9 Å². The minimum absolute atomic E-state index is 0.610. The summed E-state index contributed by atoms with van der Waals surface area (Å²) in [6.07, 6.45) is -4.30. The molecule has 3 aromatic carbocycles. The molecule has 1 heterocycles. The molecule has 1 aliphatic rings. The lowest BCUT2D eigenvalue weighted by molar-refractivity contribution is -0.137. The number of aliphatic imine (C=N–C) groups is 1. The Labute approximate surface area is 158 Å². The van der Waals surface area contributed by atoms with Gasteiger partial charge in [0.25, 0.3) is 0 Å². The second kappa shape index (κ2) is 6.89. The Morgan fingerprint density at radius 1 is 0.889 bits per heavy atom. The van der Waals surface area contributed by atoms with Crippen molar-refractivity contribution in [3.63, 3.8) is 0 Å². The number of hydrogen-bond acceptors (Lipinski definition) is 1. The van der Waals surface area contributed by atoms with Crippen molar-refractivity contribution in [3.8, 4) is 11.1 Å². The van der Waals surface area contributed by atoms with Gasteiger partial charge < -0.3 is 0 Å². The van der Waals surface area contributed by atoms with Crippen molar-refractivity contribution in [2.24, 2.45) is 4.99 Å². The summed E-state index contributed by atoms with van der Waals surface area (Å²) in [4.78, 5) is 5.69. The van der Waals surface area contributed by atoms with Gasteiger partial charge in [0.15, 0.2) is 0 Å². The Morgan fingerprint density at radius 3 is 2.33 bits per heavy atom. The minimum atomic E-state index is -4.30. The lowest BCUT2D eigenvalue weighted by Crippen LogP contribution is -2.04. The van der Waals surface area contributed by atoms with Gasteiger partial charge in [-0.25, -0.2) is 0 Å². The van der Waals surface area contributed by atoms with E-state index in [4.69, 9.17) is 0 Å². The van der Waals surface area contributed by atoms with Crippen LogP contribution in [0.2, 0.25) is 0 Å². The number of benzene rings is 3. The van der Waals surface area contributed by atoms with E-state index in [0.717, 1.165) is 34.5 Å². The number of thiol groups is 1. The third kappa shape index (κ3) is 3.78. The van der Waals surface area contributed by atoms with Crippen LogP contribution in [0.5, 0.6) is 0 Å². The highest BCUT2D eigenvalue weighted by Crippen LogP contribution is 2.49. The smallest absolute Gasteiger partial charge is 0.250 e. The predicted molar refractivity (Wildman–Crippen MR) is 107 cm³/mol. The monoisotopic (exact) mass is 385 g/mol. The number of halogens is 3. The molecule has 0 radical (unpaired) electrons. The summed E-state index contributed by atoms with van der Waals surface area (Å²) in [6, 6.07) is 20.1. The first-order chi connectivity index (χ1) is 12.9. The first kappa shape index (κ1) is 17.9. The summed E-state index contributed by atoms with van der Waals surface area (Å²) < 4.78 is 38.2. The maximum Gasteiger partial charge on any atom is 0.416 e. The minimum Gasteiger partial charge on any atom is -0.250 e. The lowest BCUT2D eigenvalue weighted by atomic mass is 10.0. The van der Waals surface area contributed by atoms with Crippen LogP contribution in [0.4, 0.5) is 18.9 Å². The quantitative estimate of drug-likeness (QED) is 0.470. The molecule has 0 aliphatic carbocycles. The molecule has 0 saturated carbocycles. The van der Waals surface area contributed by atoms with Crippen molar-refractivity contribution in [2.75, 3.05) is 0 Å². The molecule has 0 N–H and O–H groups in total. The molecule has 0 saturated heterocycles. The normalized spacial score (nSPS) is 17.1. The zero-order chi connectivity index (χ0) is 19.0. The lowest BCUT2D eigenvalue weighted by Gasteiger charge is -2.16. The maximum absolute atomic E-state index is 12.7. The van der Waals surface area contributed by atoms with Crippen LogP contribution in [-0.2, 0) is 11.9 Å². The van der Waals surface area contributed by atoms with E-state index in [-0.39, 0.29) is 0 Å². The standard InChI is InChI=1S/C22H18F3NS/c1-15-3-2-4-17(11-15)18-7-10-20-21(12-18)27(14-26-20)13-16-5-8-19(9-6-16)22(23,24)25/h2-12,14,27H,13H2,1H3. The van der Waals surface area contributed by atoms with Gasteiger partial charge in [0.05, 0.1) is 11.3 Å². The van der Waals surface area contributed by atoms with E-state index >= 15 is 0 Å². The van der Waals surface area contributed by atoms with E-state index in [9.17, 15) is 13.2 Å². The van der Waals surface area contributed by atoms with Crippen LogP contribution < -0.4 is 0 Å². The first-order valence-electron chi connectivity index (χ1n) is 8.58. The summed E-state index contributed by atoms with van der Waals surface area (Å²) in [6.45, 7) is 2.07. The molecule has 27 heavy (non-hydrogen) atoms. The number of nitrogens with zero attached hydrogens (tertiary/aromatic N) is 1. The number of aryl methyl sites for hydroxylation is 1. The van der Waals surface area contributed by atoms with E-state index < -0.39 is 22.6 Å². The van der Waals surface area contributed by atoms with Crippen LogP contribution in [0.25, 0.3) is 11.1 Å². The van der Waals surface area contributed by atoms with E-state index in [0.29, 0.717) is 5.75 Å². The largest absolute Gasteiger partial charge is 0.416 e. The maximum atomic E-state index is 12.7. The van der Waals surface area contributed by atoms with Crippen LogP contribution in [0.3, 0.4) is 0 Å². The molecule has 4 rings (SSSR count). The van der Waals surface area contributed by atoms with Crippen molar-refractivity contribution < 1.29 is 13.2 Å². The molecule has 0 spiro atoms. The van der Waals surface area contributed by atoms with Crippen LogP contribution in [-0.4, -0.2) is 5.55 Å². The Morgan fingerprint density at radius 2 is 1.63 bits per heavy atom. The summed E-state index contributed by atoms with van der Waals surface area (Å²) in [5, 5.41) is 0. The topological polar surface area (TPSA) is 12.4 Å². The Kier molecular flexibility index (Phi) is 4.56. The number of fused-ring (bicyclic) bond motifs is 1. The number of hydrogen-bond donors (Lipinski definition) is 1. The fourth-order valence-electron chi connectivity index (χ4n) is 3.18. The Hall–Kier alpha value is -2.53. The molecule has 1 nitrogen and oxygen atoms in total. The predicted octanol–water partition coefficient (Wildman–Crippen LogP) is 6.91. The molecule has 0 fully saturated rings. The van der Waals surface area contributed by atoms with Crippen molar-refractivity contribution in [2.45, 2.75) is 23.7 Å². The average molecular weight is 385 g/mol. The van der Waals surface area contributed by atoms with E-state index in [1.807, 2.05) is 17.7 Å². The van der Waals surface area contributed by atoms with Gasteiger partial charge in [-0.2, -0.15) is 24.1 Å². The highest BCUT2D eigenvalue weighted by Gasteiger charge is 2.30. The van der Waals surface area contributed by atoms with Crippen LogP contribution in [0, 0.1) is 6.92 Å². The van der Waals surface area contributed by atoms with Gasteiger partial charge in [-0.15, -0.1) is 0 Å². The van der Waals surface area contributed by atoms with Crippen LogP contribution in [0.1, 0.15) is 16.7 Å². The Bertz CT molecular complexity index is 1010. The third-order valence-corrected chi connectivity index (χ3v) is 6.68. The molecule has 1 unspecified atom stereocenters. The Balaban J connectivity index is 1.59. The van der Waals surface area contributed by atoms with Gasteiger partial charge in [0, 0.05) is 16.2 Å². The molecular formula is C22H18F3NS. The van der Waals surface area contributed by atoms with Gasteiger partial charge in [0.2, 0.25) is 0 Å². The van der Waals surface area contributed by atoms with Crippen LogP contribution >= 0.6 is 10.9 Å². The highest BCUT2D eigenvalue weighted by atomic mass is 32.2. The molecule has 1 atom stereocenters. The highest BCUT2D eigenvalue weighted by molar-refractivity contribution is 8.28. The average Bonchev–Trinajstić information content (AvgIpc) is 3.03. The van der Waals surface area contributed by atoms with Crippen LogP contribution in [0.15, 0.2) is 76.6 Å². The molecule has 1 aliphatic heterocycles. The first-order valence-corrected chi connectivity index (χ1v) is 10.2. The summed E-state index contributed by atoms with van der Waals surface area (Å²) in [5.41, 5.74) is 6.71. The number of alkyl halides is 3. The van der Waals surface area contributed by atoms with Crippen molar-refractivity contribution >= 4 is 22.1 Å². The molecule has 138 valence electrons. The fourth-order valence-corrected chi connectivity index (χ4v) is 5.16. The molecule has 0 aromatic heterocycles. The zero-order valence-electron chi connectivity index (χ0n) is 14.7. The van der Waals surface area contributed by atoms with E-state index in [2.05, 4.69) is 42.2 Å². The number of rotatable bonds is 3. The molecule has 0 bridgehead atoms. The second-order valence-corrected chi connectivity index (χ2v) is 8.61. The van der Waals surface area contributed by atoms with E-state index in [1.54, 1.807) is 12.1 Å². The third-order valence-electron chi connectivity index (χ3n) is 4.61. The summed E-state index contributed by atoms with van der Waals surface area (Å²) >= 11 is 0. The SMILES string of the molecule is Cc1cccc(-c2ccc3c(c2)[SH](Cc2ccc(C(F)(F)F)cc2)C=N3)c1. The van der Waals surface area contributed by atoms with Crippen molar-refractivity contribution in [3.05, 3.63) is 83.4 Å². The summed E-state index contributed by atoms with van der Waals surface area (Å²) in [5.74, 6) is 0.696. The van der Waals surface area contributed by atoms with Gasteiger partial charge >= 0.3 is 6.18 Å². The van der Waals surface area contributed by atoms with Gasteiger partial charge in [-0.1, -0.05) is 48.0 Å². The second-order valence-electron chi connectivity index (χ2n) is 6.64. The molecular weight excluding hydrogens is 367 g/mol. The molecule has 0 amide bonds. The summed E-state index contributed by atoms with van der Waals surface area (Å²) in [7, 11) is -0.662. The van der Waals surface area contributed by atoms with Crippen molar-refractivity contribution in [1.29, 1.82) is 0 Å². The zero-order valence-corrected chi connectivity index (χ0v) is 15.6. The molecule has 3 aromatic rings. The fraction of sp³-hybridized carbons (Fsp3) is 0.136. The van der Waals surface area contributed by atoms with Crippen molar-refractivity contribution in [1.82, 2.24) is 0 Å². The van der Waals surface area contributed by atoms with E-state index in [1.165, 1.54) is 10.5 Å². The van der Waals surface area contributed by atoms with Gasteiger partial charge in [-0.3, -0.25) is 4.99 Å². The molecule has 5 heteroatoms.